The number of carbonyl (C=O) groups is 1. The molecule has 21 heavy (non-hydrogen) atoms. The largest absolute Gasteiger partial charge is 0.367 e. The third-order valence-corrected chi connectivity index (χ3v) is 4.24. The van der Waals surface area contributed by atoms with Crippen molar-refractivity contribution in [3.8, 4) is 0 Å². The van der Waals surface area contributed by atoms with Crippen LogP contribution in [0.2, 0.25) is 0 Å². The van der Waals surface area contributed by atoms with Crippen LogP contribution in [0.15, 0.2) is 24.3 Å². The van der Waals surface area contributed by atoms with Crippen LogP contribution >= 0.6 is 0 Å². The Morgan fingerprint density at radius 2 is 1.90 bits per heavy atom. The molecule has 0 amide bonds. The van der Waals surface area contributed by atoms with Crippen LogP contribution in [0.1, 0.15) is 57.3 Å². The molecule has 0 aliphatic heterocycles. The topological polar surface area (TPSA) is 26.3 Å². The Hall–Kier alpha value is -1.22. The van der Waals surface area contributed by atoms with E-state index in [4.69, 9.17) is 4.74 Å². The van der Waals surface area contributed by atoms with Crippen LogP contribution in [0.5, 0.6) is 0 Å². The van der Waals surface area contributed by atoms with E-state index in [2.05, 4.69) is 20.8 Å². The molecule has 2 nitrogen and oxygen atoms in total. The average molecular weight is 292 g/mol. The highest BCUT2D eigenvalue weighted by molar-refractivity contribution is 5.99. The molecule has 1 aliphatic rings. The van der Waals surface area contributed by atoms with Crippen LogP contribution in [-0.2, 0) is 4.74 Å². The number of rotatable bonds is 4. The average Bonchev–Trinajstić information content (AvgIpc) is 2.36. The predicted octanol–water partition coefficient (Wildman–Crippen LogP) is 4.63. The van der Waals surface area contributed by atoms with E-state index in [-0.39, 0.29) is 23.1 Å². The van der Waals surface area contributed by atoms with E-state index in [1.807, 2.05) is 0 Å². The van der Waals surface area contributed by atoms with Gasteiger partial charge in [0.15, 0.2) is 5.78 Å². The second-order valence-corrected chi connectivity index (χ2v) is 7.18. The molecule has 1 aromatic carbocycles. The number of benzene rings is 1. The van der Waals surface area contributed by atoms with E-state index in [1.165, 1.54) is 30.7 Å². The second-order valence-electron chi connectivity index (χ2n) is 7.18. The molecular formula is C18H25FO2. The predicted molar refractivity (Wildman–Crippen MR) is 81.9 cm³/mol. The molecule has 1 fully saturated rings. The zero-order valence-electron chi connectivity index (χ0n) is 13.4. The Morgan fingerprint density at radius 1 is 1.29 bits per heavy atom. The van der Waals surface area contributed by atoms with E-state index in [1.54, 1.807) is 6.92 Å². The SMILES string of the molecule is CC1CC(OC(C)C(=O)c2ccc(F)cc2)CC(C)(C)C1. The van der Waals surface area contributed by atoms with Crippen LogP contribution in [0.25, 0.3) is 0 Å². The molecule has 1 saturated carbocycles. The maximum atomic E-state index is 12.9. The lowest BCUT2D eigenvalue weighted by molar-refractivity contribution is -0.0478. The fraction of sp³-hybridized carbons (Fsp3) is 0.611. The molecule has 3 heteroatoms. The standard InChI is InChI=1S/C18H25FO2/c1-12-9-16(11-18(3,4)10-12)21-13(2)17(20)14-5-7-15(19)8-6-14/h5-8,12-13,16H,9-11H2,1-4H3. The van der Waals surface area contributed by atoms with Crippen molar-refractivity contribution in [3.63, 3.8) is 0 Å². The highest BCUT2D eigenvalue weighted by Gasteiger charge is 2.34. The van der Waals surface area contributed by atoms with Gasteiger partial charge in [-0.2, -0.15) is 0 Å². The number of ether oxygens (including phenoxy) is 1. The minimum Gasteiger partial charge on any atom is -0.367 e. The van der Waals surface area contributed by atoms with Gasteiger partial charge in [-0.1, -0.05) is 20.8 Å². The summed E-state index contributed by atoms with van der Waals surface area (Å²) in [4.78, 5) is 12.3. The quantitative estimate of drug-likeness (QED) is 0.756. The van der Waals surface area contributed by atoms with E-state index in [0.29, 0.717) is 11.5 Å². The molecule has 0 radical (unpaired) electrons. The number of hydrogen-bond donors (Lipinski definition) is 0. The fourth-order valence-corrected chi connectivity index (χ4v) is 3.56. The van der Waals surface area contributed by atoms with Gasteiger partial charge < -0.3 is 4.74 Å². The number of Topliss-reactive ketones (excluding diaryl/α,β-unsaturated/α-hetero) is 1. The number of carbonyl (C=O) groups excluding carboxylic acids is 1. The molecule has 3 unspecified atom stereocenters. The van der Waals surface area contributed by atoms with Crippen molar-refractivity contribution in [1.29, 1.82) is 0 Å². The Bertz CT molecular complexity index is 492. The summed E-state index contributed by atoms with van der Waals surface area (Å²) in [6.07, 6.45) is 2.83. The fourth-order valence-electron chi connectivity index (χ4n) is 3.56. The van der Waals surface area contributed by atoms with Crippen LogP contribution < -0.4 is 0 Å². The zero-order chi connectivity index (χ0) is 15.6. The molecule has 0 saturated heterocycles. The first-order valence-corrected chi connectivity index (χ1v) is 7.72. The van der Waals surface area contributed by atoms with E-state index in [9.17, 15) is 9.18 Å². The molecule has 2 rings (SSSR count). The lowest BCUT2D eigenvalue weighted by Gasteiger charge is -2.39. The summed E-state index contributed by atoms with van der Waals surface area (Å²) in [7, 11) is 0. The summed E-state index contributed by atoms with van der Waals surface area (Å²) in [5.41, 5.74) is 0.771. The highest BCUT2D eigenvalue weighted by Crippen LogP contribution is 2.40. The summed E-state index contributed by atoms with van der Waals surface area (Å²) in [5.74, 6) is 0.209. The molecule has 1 aliphatic carbocycles. The molecule has 1 aromatic rings. The molecule has 116 valence electrons. The van der Waals surface area contributed by atoms with Gasteiger partial charge in [-0.25, -0.2) is 4.39 Å². The van der Waals surface area contributed by atoms with Gasteiger partial charge in [0, 0.05) is 5.56 Å². The Kier molecular flexibility index (Phi) is 4.82. The molecular weight excluding hydrogens is 267 g/mol. The molecule has 0 aromatic heterocycles. The second kappa shape index (κ2) is 6.27. The zero-order valence-corrected chi connectivity index (χ0v) is 13.4. The minimum absolute atomic E-state index is 0.0777. The first-order valence-electron chi connectivity index (χ1n) is 7.72. The number of ketones is 1. The van der Waals surface area contributed by atoms with Gasteiger partial charge in [0.2, 0.25) is 0 Å². The molecule has 0 bridgehead atoms. The van der Waals surface area contributed by atoms with Crippen molar-refractivity contribution < 1.29 is 13.9 Å². The lowest BCUT2D eigenvalue weighted by atomic mass is 9.71. The maximum absolute atomic E-state index is 12.9. The summed E-state index contributed by atoms with van der Waals surface area (Å²) in [6.45, 7) is 8.54. The van der Waals surface area contributed by atoms with Gasteiger partial charge in [0.1, 0.15) is 11.9 Å². The Balaban J connectivity index is 1.99. The van der Waals surface area contributed by atoms with Gasteiger partial charge in [-0.15, -0.1) is 0 Å². The minimum atomic E-state index is -0.485. The van der Waals surface area contributed by atoms with E-state index >= 15 is 0 Å². The van der Waals surface area contributed by atoms with Crippen LogP contribution in [0, 0.1) is 17.2 Å². The van der Waals surface area contributed by atoms with Crippen LogP contribution in [0.3, 0.4) is 0 Å². The summed E-state index contributed by atoms with van der Waals surface area (Å²) >= 11 is 0. The Morgan fingerprint density at radius 3 is 2.48 bits per heavy atom. The van der Waals surface area contributed by atoms with Gasteiger partial charge in [-0.3, -0.25) is 4.79 Å². The molecule has 3 atom stereocenters. The third kappa shape index (κ3) is 4.37. The molecule has 0 heterocycles. The van der Waals surface area contributed by atoms with Gasteiger partial charge in [0.05, 0.1) is 6.10 Å². The number of halogens is 1. The molecule has 0 spiro atoms. The van der Waals surface area contributed by atoms with Gasteiger partial charge in [-0.05, 0) is 61.8 Å². The van der Waals surface area contributed by atoms with Crippen molar-refractivity contribution in [1.82, 2.24) is 0 Å². The van der Waals surface area contributed by atoms with Gasteiger partial charge in [0.25, 0.3) is 0 Å². The molecule has 0 N–H and O–H groups in total. The maximum Gasteiger partial charge on any atom is 0.191 e. The number of hydrogen-bond acceptors (Lipinski definition) is 2. The van der Waals surface area contributed by atoms with E-state index in [0.717, 1.165) is 12.8 Å². The van der Waals surface area contributed by atoms with E-state index < -0.39 is 6.10 Å². The summed E-state index contributed by atoms with van der Waals surface area (Å²) in [6, 6.07) is 5.66. The summed E-state index contributed by atoms with van der Waals surface area (Å²) in [5, 5.41) is 0. The van der Waals surface area contributed by atoms with Gasteiger partial charge >= 0.3 is 0 Å². The lowest BCUT2D eigenvalue weighted by Crippen LogP contribution is -2.36. The monoisotopic (exact) mass is 292 g/mol. The third-order valence-electron chi connectivity index (χ3n) is 4.24. The first-order chi connectivity index (χ1) is 9.77. The smallest absolute Gasteiger partial charge is 0.191 e. The first kappa shape index (κ1) is 16.2. The van der Waals surface area contributed by atoms with Crippen molar-refractivity contribution in [2.24, 2.45) is 11.3 Å². The van der Waals surface area contributed by atoms with Crippen LogP contribution in [-0.4, -0.2) is 18.0 Å². The van der Waals surface area contributed by atoms with Crippen molar-refractivity contribution in [3.05, 3.63) is 35.6 Å². The van der Waals surface area contributed by atoms with Crippen molar-refractivity contribution in [2.75, 3.05) is 0 Å². The van der Waals surface area contributed by atoms with Crippen molar-refractivity contribution in [2.45, 2.75) is 59.2 Å². The van der Waals surface area contributed by atoms with Crippen molar-refractivity contribution >= 4 is 5.78 Å². The van der Waals surface area contributed by atoms with Crippen LogP contribution in [0.4, 0.5) is 4.39 Å². The Labute approximate surface area is 126 Å². The normalized spacial score (nSPS) is 26.3. The summed E-state index contributed by atoms with van der Waals surface area (Å²) < 4.78 is 18.9. The highest BCUT2D eigenvalue weighted by atomic mass is 19.1.